The molecular formula is C26H29N3O6. The molecule has 1 heterocycles. The van der Waals surface area contributed by atoms with Crippen LogP contribution in [0.15, 0.2) is 48.5 Å². The molecule has 0 saturated carbocycles. The van der Waals surface area contributed by atoms with Gasteiger partial charge in [-0.15, -0.1) is 0 Å². The Bertz CT molecular complexity index is 1090. The van der Waals surface area contributed by atoms with Crippen LogP contribution in [0.25, 0.3) is 11.1 Å². The summed E-state index contributed by atoms with van der Waals surface area (Å²) in [5.41, 5.74) is 4.49. The van der Waals surface area contributed by atoms with Crippen molar-refractivity contribution in [3.63, 3.8) is 0 Å². The first-order chi connectivity index (χ1) is 16.9. The van der Waals surface area contributed by atoms with E-state index in [1.54, 1.807) is 0 Å². The van der Waals surface area contributed by atoms with Crippen molar-refractivity contribution in [2.24, 2.45) is 0 Å². The van der Waals surface area contributed by atoms with Crippen LogP contribution in [-0.4, -0.2) is 65.7 Å². The van der Waals surface area contributed by atoms with Gasteiger partial charge >= 0.3 is 12.1 Å². The van der Waals surface area contributed by atoms with E-state index in [9.17, 15) is 19.2 Å². The number of carboxylic acids is 1. The van der Waals surface area contributed by atoms with Crippen LogP contribution in [0.5, 0.6) is 0 Å². The average molecular weight is 480 g/mol. The summed E-state index contributed by atoms with van der Waals surface area (Å²) in [5.74, 6) is -2.09. The molecule has 0 spiro atoms. The monoisotopic (exact) mass is 479 g/mol. The number of alkyl carbamates (subject to hydrolysis) is 1. The van der Waals surface area contributed by atoms with E-state index in [-0.39, 0.29) is 37.9 Å². The summed E-state index contributed by atoms with van der Waals surface area (Å²) in [6.45, 7) is 2.48. The highest BCUT2D eigenvalue weighted by molar-refractivity contribution is 5.92. The summed E-state index contributed by atoms with van der Waals surface area (Å²) in [7, 11) is 0. The Morgan fingerprint density at radius 1 is 1.11 bits per heavy atom. The maximum Gasteiger partial charge on any atom is 0.407 e. The molecule has 9 heteroatoms. The summed E-state index contributed by atoms with van der Waals surface area (Å²) in [6, 6.07) is 14.5. The van der Waals surface area contributed by atoms with Gasteiger partial charge in [-0.1, -0.05) is 55.5 Å². The average Bonchev–Trinajstić information content (AvgIpc) is 3.17. The molecule has 2 aromatic carbocycles. The van der Waals surface area contributed by atoms with E-state index < -0.39 is 36.5 Å². The Morgan fingerprint density at radius 2 is 1.74 bits per heavy atom. The first-order valence-corrected chi connectivity index (χ1v) is 11.8. The minimum Gasteiger partial charge on any atom is -0.481 e. The molecule has 1 saturated heterocycles. The number of aliphatic carboxylic acids is 1. The van der Waals surface area contributed by atoms with Gasteiger partial charge in [-0.3, -0.25) is 14.4 Å². The number of nitrogens with one attached hydrogen (secondary N) is 2. The van der Waals surface area contributed by atoms with Gasteiger partial charge in [0.05, 0.1) is 6.42 Å². The summed E-state index contributed by atoms with van der Waals surface area (Å²) in [4.78, 5) is 50.0. The number of carbonyl (C=O) groups is 4. The molecule has 0 radical (unpaired) electrons. The zero-order chi connectivity index (χ0) is 24.9. The Morgan fingerprint density at radius 3 is 2.34 bits per heavy atom. The number of fused-ring (bicyclic) bond motifs is 3. The largest absolute Gasteiger partial charge is 0.481 e. The highest BCUT2D eigenvalue weighted by Gasteiger charge is 2.35. The number of hydrogen-bond acceptors (Lipinski definition) is 5. The Labute approximate surface area is 203 Å². The lowest BCUT2D eigenvalue weighted by molar-refractivity contribution is -0.148. The molecule has 2 atom stereocenters. The predicted molar refractivity (Wildman–Crippen MR) is 128 cm³/mol. The molecule has 3 amide bonds. The molecule has 2 aromatic rings. The molecule has 2 aliphatic rings. The van der Waals surface area contributed by atoms with Gasteiger partial charge in [0.2, 0.25) is 11.8 Å². The van der Waals surface area contributed by atoms with E-state index in [1.807, 2.05) is 43.3 Å². The highest BCUT2D eigenvalue weighted by Crippen LogP contribution is 2.44. The molecule has 1 aliphatic carbocycles. The third kappa shape index (κ3) is 5.29. The molecule has 9 nitrogen and oxygen atoms in total. The van der Waals surface area contributed by atoms with Gasteiger partial charge in [0.25, 0.3) is 0 Å². The van der Waals surface area contributed by atoms with Crippen molar-refractivity contribution in [3.05, 3.63) is 59.7 Å². The quantitative estimate of drug-likeness (QED) is 0.534. The first-order valence-electron chi connectivity index (χ1n) is 11.8. The lowest BCUT2D eigenvalue weighted by Gasteiger charge is -2.35. The van der Waals surface area contributed by atoms with E-state index in [0.717, 1.165) is 22.3 Å². The minimum atomic E-state index is -1.16. The second kappa shape index (κ2) is 10.6. The van der Waals surface area contributed by atoms with Gasteiger partial charge in [-0.25, -0.2) is 4.79 Å². The van der Waals surface area contributed by atoms with Crippen molar-refractivity contribution in [1.82, 2.24) is 15.5 Å². The number of amides is 3. The Balaban J connectivity index is 1.36. The Kier molecular flexibility index (Phi) is 7.33. The second-order valence-electron chi connectivity index (χ2n) is 8.77. The molecule has 0 aromatic heterocycles. The van der Waals surface area contributed by atoms with Gasteiger partial charge in [-0.2, -0.15) is 0 Å². The van der Waals surface area contributed by atoms with Crippen molar-refractivity contribution < 1.29 is 29.0 Å². The van der Waals surface area contributed by atoms with Crippen LogP contribution in [0.1, 0.15) is 43.2 Å². The van der Waals surface area contributed by atoms with E-state index >= 15 is 0 Å². The number of nitrogens with zero attached hydrogens (tertiary/aromatic N) is 1. The zero-order valence-corrected chi connectivity index (χ0v) is 19.5. The zero-order valence-electron chi connectivity index (χ0n) is 19.5. The summed E-state index contributed by atoms with van der Waals surface area (Å²) in [5, 5.41) is 14.5. The molecular weight excluding hydrogens is 450 g/mol. The number of carbonyl (C=O) groups excluding carboxylic acids is 3. The van der Waals surface area contributed by atoms with Crippen LogP contribution in [-0.2, 0) is 19.1 Å². The molecule has 35 heavy (non-hydrogen) atoms. The number of piperazine rings is 1. The van der Waals surface area contributed by atoms with E-state index in [4.69, 9.17) is 9.84 Å². The number of hydrogen-bond donors (Lipinski definition) is 3. The van der Waals surface area contributed by atoms with Crippen molar-refractivity contribution in [3.8, 4) is 11.1 Å². The van der Waals surface area contributed by atoms with Crippen molar-refractivity contribution >= 4 is 23.9 Å². The number of carboxylic acid groups (broad SMARTS) is 1. The second-order valence-corrected chi connectivity index (χ2v) is 8.77. The predicted octanol–water partition coefficient (Wildman–Crippen LogP) is 2.50. The molecule has 0 bridgehead atoms. The molecule has 4 rings (SSSR count). The van der Waals surface area contributed by atoms with Crippen molar-refractivity contribution in [2.45, 2.75) is 44.2 Å². The van der Waals surface area contributed by atoms with Crippen LogP contribution in [0.3, 0.4) is 0 Å². The van der Waals surface area contributed by atoms with Gasteiger partial charge in [-0.05, 0) is 28.7 Å². The fraction of sp³-hybridized carbons (Fsp3) is 0.385. The maximum absolute atomic E-state index is 12.9. The summed E-state index contributed by atoms with van der Waals surface area (Å²) < 4.78 is 5.57. The van der Waals surface area contributed by atoms with Crippen molar-refractivity contribution in [2.75, 3.05) is 19.7 Å². The molecule has 184 valence electrons. The lowest BCUT2D eigenvalue weighted by atomic mass is 9.98. The SMILES string of the molecule is CCC(CC(=O)N1CCNC(=O)C1CC(=O)O)NC(=O)OCC1c2ccccc2-c2ccccc21. The van der Waals surface area contributed by atoms with E-state index in [1.165, 1.54) is 4.90 Å². The molecule has 1 aliphatic heterocycles. The van der Waals surface area contributed by atoms with Gasteiger partial charge in [0, 0.05) is 31.5 Å². The van der Waals surface area contributed by atoms with Crippen LogP contribution in [0.4, 0.5) is 4.79 Å². The van der Waals surface area contributed by atoms with Crippen molar-refractivity contribution in [1.29, 1.82) is 0 Å². The topological polar surface area (TPSA) is 125 Å². The number of ether oxygens (including phenoxy) is 1. The third-order valence-corrected chi connectivity index (χ3v) is 6.60. The summed E-state index contributed by atoms with van der Waals surface area (Å²) >= 11 is 0. The molecule has 3 N–H and O–H groups in total. The number of benzene rings is 2. The molecule has 2 unspecified atom stereocenters. The van der Waals surface area contributed by atoms with Crippen LogP contribution in [0.2, 0.25) is 0 Å². The fourth-order valence-corrected chi connectivity index (χ4v) is 4.81. The standard InChI is InChI=1S/C26H29N3O6/c1-2-16(13-23(30)29-12-11-27-25(33)22(29)14-24(31)32)28-26(34)35-15-21-19-9-5-3-7-17(19)18-8-4-6-10-20(18)21/h3-10,16,21-22H,2,11-15H2,1H3,(H,27,33)(H,28,34)(H,31,32). The minimum absolute atomic E-state index is 0.0515. The number of rotatable bonds is 8. The highest BCUT2D eigenvalue weighted by atomic mass is 16.5. The van der Waals surface area contributed by atoms with E-state index in [2.05, 4.69) is 22.8 Å². The van der Waals surface area contributed by atoms with Gasteiger partial charge in [0.1, 0.15) is 12.6 Å². The molecule has 1 fully saturated rings. The lowest BCUT2D eigenvalue weighted by Crippen LogP contribution is -2.58. The van der Waals surface area contributed by atoms with Crippen LogP contribution in [0, 0.1) is 0 Å². The third-order valence-electron chi connectivity index (χ3n) is 6.60. The Hall–Kier alpha value is -3.88. The van der Waals surface area contributed by atoms with Gasteiger partial charge in [0.15, 0.2) is 0 Å². The maximum atomic E-state index is 12.9. The van der Waals surface area contributed by atoms with Gasteiger partial charge < -0.3 is 25.4 Å². The van der Waals surface area contributed by atoms with Crippen LogP contribution < -0.4 is 10.6 Å². The summed E-state index contributed by atoms with van der Waals surface area (Å²) in [6.07, 6.45) is -0.664. The fourth-order valence-electron chi connectivity index (χ4n) is 4.81. The van der Waals surface area contributed by atoms with Crippen LogP contribution >= 0.6 is 0 Å². The first kappa shape index (κ1) is 24.3. The smallest absolute Gasteiger partial charge is 0.407 e. The van der Waals surface area contributed by atoms with E-state index in [0.29, 0.717) is 6.42 Å². The normalized spacial score (nSPS) is 17.7.